The molecule has 0 saturated heterocycles. The summed E-state index contributed by atoms with van der Waals surface area (Å²) in [6.07, 6.45) is 4.45. The molecule has 7 aromatic carbocycles. The zero-order valence-corrected chi connectivity index (χ0v) is 37.7. The van der Waals surface area contributed by atoms with E-state index >= 15 is 0 Å². The molecule has 2 aliphatic heterocycles. The summed E-state index contributed by atoms with van der Waals surface area (Å²) in [7, 11) is 0. The monoisotopic (exact) mass is 809 g/mol. The summed E-state index contributed by atoms with van der Waals surface area (Å²) < 4.78 is 27.1. The number of nitrogens with zero attached hydrogens (tertiary/aromatic N) is 2. The lowest BCUT2D eigenvalue weighted by molar-refractivity contribution is 0.332. The van der Waals surface area contributed by atoms with Crippen LogP contribution in [-0.4, -0.2) is 6.71 Å². The van der Waals surface area contributed by atoms with Crippen molar-refractivity contribution in [3.63, 3.8) is 0 Å². The van der Waals surface area contributed by atoms with Gasteiger partial charge in [-0.1, -0.05) is 152 Å². The van der Waals surface area contributed by atoms with Crippen molar-refractivity contribution in [2.24, 2.45) is 0 Å². The van der Waals surface area contributed by atoms with Gasteiger partial charge in [0.05, 0.1) is 0 Å². The number of rotatable bonds is 4. The summed E-state index contributed by atoms with van der Waals surface area (Å²) in [5, 5.41) is 0. The van der Waals surface area contributed by atoms with Gasteiger partial charge in [0.1, 0.15) is 0 Å². The minimum absolute atomic E-state index is 0.0145. The molecule has 0 saturated carbocycles. The van der Waals surface area contributed by atoms with E-state index in [1.54, 1.807) is 0 Å². The van der Waals surface area contributed by atoms with Crippen molar-refractivity contribution in [2.75, 3.05) is 9.80 Å². The first kappa shape index (κ1) is 35.8. The maximum atomic E-state index is 9.05. The number of aryl methyl sites for hydroxylation is 1. The van der Waals surface area contributed by atoms with Crippen LogP contribution in [0.25, 0.3) is 22.3 Å². The Hall–Kier alpha value is -5.80. The number of hydrogen-bond acceptors (Lipinski definition) is 2. The fraction of sp³-hybridized carbons (Fsp3) is 0.288. The average molecular weight is 810 g/mol. The first-order chi connectivity index (χ1) is 30.8. The Balaban J connectivity index is 1.25. The third-order valence-electron chi connectivity index (χ3n) is 15.5. The van der Waals surface area contributed by atoms with Crippen LogP contribution in [0.5, 0.6) is 0 Å². The largest absolute Gasteiger partial charge is 0.311 e. The van der Waals surface area contributed by atoms with E-state index in [9.17, 15) is 0 Å². The van der Waals surface area contributed by atoms with Crippen LogP contribution in [0.15, 0.2) is 146 Å². The average Bonchev–Trinajstić information content (AvgIpc) is 3.29. The number of hydrogen-bond donors (Lipinski definition) is 0. The molecule has 0 aromatic heterocycles. The summed E-state index contributed by atoms with van der Waals surface area (Å²) in [5.41, 5.74) is 20.3. The molecule has 3 heteroatoms. The first-order valence-electron chi connectivity index (χ1n) is 24.3. The van der Waals surface area contributed by atoms with Crippen molar-refractivity contribution < 1.29 is 4.11 Å². The highest BCUT2D eigenvalue weighted by Gasteiger charge is 2.47. The summed E-state index contributed by atoms with van der Waals surface area (Å²) in [6.45, 7) is 16.7. The van der Waals surface area contributed by atoms with Crippen LogP contribution in [0.4, 0.5) is 34.1 Å². The van der Waals surface area contributed by atoms with Crippen molar-refractivity contribution in [1.82, 2.24) is 0 Å². The fourth-order valence-corrected chi connectivity index (χ4v) is 11.6. The van der Waals surface area contributed by atoms with Crippen LogP contribution in [0.2, 0.25) is 0 Å². The van der Waals surface area contributed by atoms with Gasteiger partial charge in [-0.05, 0) is 169 Å². The Morgan fingerprint density at radius 3 is 1.47 bits per heavy atom. The summed E-state index contributed by atoms with van der Waals surface area (Å²) >= 11 is 0. The molecule has 11 rings (SSSR count). The van der Waals surface area contributed by atoms with E-state index in [-0.39, 0.29) is 28.4 Å². The molecular weight excluding hydrogens is 747 g/mol. The van der Waals surface area contributed by atoms with Crippen LogP contribution in [-0.2, 0) is 21.7 Å². The normalized spacial score (nSPS) is 19.2. The number of anilines is 6. The molecule has 0 spiro atoms. The molecule has 0 unspecified atom stereocenters. The van der Waals surface area contributed by atoms with E-state index in [2.05, 4.69) is 199 Å². The Morgan fingerprint density at radius 1 is 0.403 bits per heavy atom. The Bertz CT molecular complexity index is 3040. The third kappa shape index (κ3) is 5.98. The minimum atomic E-state index is -2.35. The minimum Gasteiger partial charge on any atom is -0.311 e. The highest BCUT2D eigenvalue weighted by molar-refractivity contribution is 7.00. The lowest BCUT2D eigenvalue weighted by atomic mass is 9.33. The maximum absolute atomic E-state index is 9.05. The van der Waals surface area contributed by atoms with Crippen molar-refractivity contribution in [3.05, 3.63) is 173 Å². The molecule has 2 nitrogen and oxygen atoms in total. The zero-order chi connectivity index (χ0) is 45.4. The predicted molar refractivity (Wildman–Crippen MR) is 267 cm³/mol. The second-order valence-corrected chi connectivity index (χ2v) is 21.3. The Morgan fingerprint density at radius 2 is 0.871 bits per heavy atom. The molecule has 0 radical (unpaired) electrons. The van der Waals surface area contributed by atoms with E-state index in [4.69, 9.17) is 4.11 Å². The first-order valence-corrected chi connectivity index (χ1v) is 22.8. The van der Waals surface area contributed by atoms with Crippen LogP contribution in [0, 0.1) is 6.85 Å². The third-order valence-corrected chi connectivity index (χ3v) is 15.5. The molecule has 2 heterocycles. The summed E-state index contributed by atoms with van der Waals surface area (Å²) in [5.74, 6) is 0. The highest BCUT2D eigenvalue weighted by Crippen LogP contribution is 2.52. The second-order valence-electron chi connectivity index (χ2n) is 21.3. The number of benzene rings is 7. The number of fused-ring (bicyclic) bond motifs is 6. The van der Waals surface area contributed by atoms with Gasteiger partial charge < -0.3 is 9.80 Å². The van der Waals surface area contributed by atoms with Crippen molar-refractivity contribution in [2.45, 2.75) is 110 Å². The van der Waals surface area contributed by atoms with Gasteiger partial charge in [-0.2, -0.15) is 0 Å². The van der Waals surface area contributed by atoms with Crippen LogP contribution in [0.3, 0.4) is 0 Å². The van der Waals surface area contributed by atoms with Gasteiger partial charge in [-0.3, -0.25) is 0 Å². The zero-order valence-electron chi connectivity index (χ0n) is 40.7. The van der Waals surface area contributed by atoms with E-state index in [1.807, 2.05) is 12.1 Å². The maximum Gasteiger partial charge on any atom is 0.252 e. The lowest BCUT2D eigenvalue weighted by Gasteiger charge is -2.48. The molecule has 7 aromatic rings. The van der Waals surface area contributed by atoms with E-state index < -0.39 is 6.85 Å². The Labute approximate surface area is 375 Å². The molecule has 0 fully saturated rings. The van der Waals surface area contributed by atoms with E-state index in [0.717, 1.165) is 82.0 Å². The van der Waals surface area contributed by atoms with E-state index in [1.165, 1.54) is 38.7 Å². The molecular formula is C59H59BN2. The summed E-state index contributed by atoms with van der Waals surface area (Å²) in [6, 6.07) is 53.2. The molecule has 2 aliphatic carbocycles. The molecule has 308 valence electrons. The van der Waals surface area contributed by atoms with Crippen molar-refractivity contribution >= 4 is 57.2 Å². The van der Waals surface area contributed by atoms with Gasteiger partial charge in [0.2, 0.25) is 0 Å². The van der Waals surface area contributed by atoms with Gasteiger partial charge in [-0.25, -0.2) is 0 Å². The van der Waals surface area contributed by atoms with Gasteiger partial charge in [0.15, 0.2) is 0 Å². The second kappa shape index (κ2) is 13.6. The van der Waals surface area contributed by atoms with Gasteiger partial charge in [-0.15, -0.1) is 0 Å². The van der Waals surface area contributed by atoms with Crippen LogP contribution < -0.4 is 26.2 Å². The van der Waals surface area contributed by atoms with Crippen molar-refractivity contribution in [1.29, 1.82) is 0 Å². The predicted octanol–water partition coefficient (Wildman–Crippen LogP) is 14.1. The quantitative estimate of drug-likeness (QED) is 0.163. The molecule has 4 aliphatic rings. The van der Waals surface area contributed by atoms with Crippen LogP contribution >= 0.6 is 0 Å². The molecule has 0 amide bonds. The van der Waals surface area contributed by atoms with Gasteiger partial charge in [0.25, 0.3) is 6.71 Å². The standard InChI is InChI=1S/C59H59BN2/c1-38-32-53-55-54(33-38)62(44-25-26-45-46(35-44)57(4,5)29-28-56(45,2)3)52-37-48-47(58(6,7)30-31-59(48,8)9)36-50(52)60(55)49-34-42(40-18-14-11-15-19-40)22-27-51(49)61(53)43-23-20-41(21-24-43)39-16-12-10-13-17-39/h10-27,32-37H,28-31H2,1-9H3/i1D3. The molecule has 0 atom stereocenters. The smallest absolute Gasteiger partial charge is 0.252 e. The highest BCUT2D eigenvalue weighted by atomic mass is 15.2. The molecule has 0 bridgehead atoms. The van der Waals surface area contributed by atoms with Crippen molar-refractivity contribution in [3.8, 4) is 22.3 Å². The lowest BCUT2D eigenvalue weighted by Crippen LogP contribution is -2.62. The topological polar surface area (TPSA) is 6.48 Å². The summed E-state index contributed by atoms with van der Waals surface area (Å²) in [4.78, 5) is 4.80. The molecule has 62 heavy (non-hydrogen) atoms. The van der Waals surface area contributed by atoms with E-state index in [0.29, 0.717) is 5.56 Å². The SMILES string of the molecule is [2H]C([2H])([2H])c1cc2c3c(c1)N(c1ccc4c(c1)C(C)(C)CCC4(C)C)c1cc4c(cc1B3c1cc(-c3ccccc3)ccc1N2c1ccc(-c2ccccc2)cc1)C(C)(C)CCC4(C)C. The Kier molecular flexibility index (Phi) is 7.85. The van der Waals surface area contributed by atoms with Gasteiger partial charge >= 0.3 is 0 Å². The fourth-order valence-electron chi connectivity index (χ4n) is 11.6. The van der Waals surface area contributed by atoms with Crippen LogP contribution in [0.1, 0.15) is 113 Å². The molecule has 0 N–H and O–H groups in total. The van der Waals surface area contributed by atoms with Gasteiger partial charge in [0, 0.05) is 38.2 Å².